The van der Waals surface area contributed by atoms with Crippen LogP contribution in [0.2, 0.25) is 0 Å². The molecule has 3 aromatic heterocycles. The molecule has 0 saturated heterocycles. The molecule has 10 aromatic carbocycles. The Hall–Kier alpha value is -11.4. The molecule has 0 aliphatic heterocycles. The van der Waals surface area contributed by atoms with Gasteiger partial charge >= 0.3 is 6.18 Å². The number of aromatic nitrogens is 5. The molecule has 0 saturated carbocycles. The zero-order valence-electron chi connectivity index (χ0n) is 41.9. The van der Waals surface area contributed by atoms with Gasteiger partial charge in [-0.2, -0.15) is 34.2 Å². The van der Waals surface area contributed by atoms with Crippen molar-refractivity contribution in [1.29, 1.82) is 21.0 Å². The molecule has 374 valence electrons. The molecule has 13 aromatic rings. The Kier molecular flexibility index (Phi) is 11.6. The number of hydrogen-bond donors (Lipinski definition) is 0. The van der Waals surface area contributed by atoms with Crippen LogP contribution in [0.3, 0.4) is 0 Å². The smallest absolute Gasteiger partial charge is 0.309 e. The summed E-state index contributed by atoms with van der Waals surface area (Å²) in [4.78, 5) is 15.0. The van der Waals surface area contributed by atoms with E-state index >= 15 is 13.2 Å². The molecule has 12 heteroatoms. The highest BCUT2D eigenvalue weighted by molar-refractivity contribution is 6.13. The van der Waals surface area contributed by atoms with Gasteiger partial charge in [0.15, 0.2) is 17.5 Å². The number of benzene rings is 10. The lowest BCUT2D eigenvalue weighted by Gasteiger charge is -2.23. The Morgan fingerprint density at radius 2 is 0.787 bits per heavy atom. The van der Waals surface area contributed by atoms with Crippen LogP contribution >= 0.6 is 0 Å². The number of alkyl halides is 3. The zero-order chi connectivity index (χ0) is 54.6. The van der Waals surface area contributed by atoms with Gasteiger partial charge in [0.25, 0.3) is 0 Å². The number of hydrogen-bond acceptors (Lipinski definition) is 7. The average molecular weight is 1040 g/mol. The minimum atomic E-state index is -4.88. The predicted octanol–water partition coefficient (Wildman–Crippen LogP) is 16.6. The van der Waals surface area contributed by atoms with Crippen molar-refractivity contribution in [3.05, 3.63) is 246 Å². The molecule has 0 bridgehead atoms. The van der Waals surface area contributed by atoms with E-state index < -0.39 is 11.7 Å². The molecule has 0 radical (unpaired) electrons. The van der Waals surface area contributed by atoms with Crippen LogP contribution in [0.25, 0.3) is 123 Å². The minimum Gasteiger partial charge on any atom is -0.309 e. The number of para-hydroxylation sites is 2. The largest absolute Gasteiger partial charge is 0.417 e. The molecule has 0 aliphatic carbocycles. The third-order valence-corrected chi connectivity index (χ3v) is 14.6. The van der Waals surface area contributed by atoms with Gasteiger partial charge in [-0.05, 0) is 113 Å². The summed E-state index contributed by atoms with van der Waals surface area (Å²) in [6, 6.07) is 73.9. The number of fused-ring (bicyclic) bond motifs is 6. The van der Waals surface area contributed by atoms with E-state index in [0.717, 1.165) is 44.3 Å². The molecule has 0 aliphatic rings. The normalized spacial score (nSPS) is 11.4. The number of nitriles is 4. The molecule has 0 N–H and O–H groups in total. The predicted molar refractivity (Wildman–Crippen MR) is 305 cm³/mol. The van der Waals surface area contributed by atoms with Gasteiger partial charge in [-0.15, -0.1) is 0 Å². The van der Waals surface area contributed by atoms with Crippen LogP contribution < -0.4 is 0 Å². The van der Waals surface area contributed by atoms with Crippen molar-refractivity contribution in [1.82, 2.24) is 24.1 Å². The van der Waals surface area contributed by atoms with Gasteiger partial charge in [-0.3, -0.25) is 0 Å². The third-order valence-electron chi connectivity index (χ3n) is 14.6. The van der Waals surface area contributed by atoms with Crippen molar-refractivity contribution < 1.29 is 13.2 Å². The summed E-state index contributed by atoms with van der Waals surface area (Å²) < 4.78 is 53.1. The number of halogens is 3. The van der Waals surface area contributed by atoms with Crippen molar-refractivity contribution in [2.45, 2.75) is 6.18 Å². The summed E-state index contributed by atoms with van der Waals surface area (Å²) in [6.45, 7) is 0. The second-order valence-electron chi connectivity index (χ2n) is 19.1. The van der Waals surface area contributed by atoms with Gasteiger partial charge in [-0.25, -0.2) is 15.0 Å². The van der Waals surface area contributed by atoms with Crippen LogP contribution in [0, 0.1) is 45.3 Å². The standard InChI is InChI=1S/C68H36F3N9/c69-68(70,71)57-18-11-21-63(80-59-20-10-8-17-53(59)55-35-46(25-30-61(55)80)51-28-23-42(38-73)33-49(51)40-75)64(57)56-36-47(67-77-65(43-12-3-1-4-13-43)76-66(78-67)44-14-5-2-6-15-44)26-31-62(56)79-58-19-9-7-16-52(58)54-34-45(24-29-60(54)79)50-27-22-41(37-72)32-48(50)39-74/h1-36H. The molecule has 0 atom stereocenters. The first kappa shape index (κ1) is 48.2. The summed E-state index contributed by atoms with van der Waals surface area (Å²) in [7, 11) is 0. The minimum absolute atomic E-state index is 0.109. The highest BCUT2D eigenvalue weighted by Crippen LogP contribution is 2.48. The fourth-order valence-electron chi connectivity index (χ4n) is 11.0. The Morgan fingerprint density at radius 1 is 0.338 bits per heavy atom. The average Bonchev–Trinajstić information content (AvgIpc) is 4.13. The van der Waals surface area contributed by atoms with Gasteiger partial charge in [0, 0.05) is 49.4 Å². The van der Waals surface area contributed by atoms with Crippen LogP contribution in [-0.4, -0.2) is 24.1 Å². The lowest BCUT2D eigenvalue weighted by Crippen LogP contribution is -2.11. The molecule has 0 amide bonds. The van der Waals surface area contributed by atoms with Gasteiger partial charge in [0.1, 0.15) is 0 Å². The molecule has 13 rings (SSSR count). The van der Waals surface area contributed by atoms with Gasteiger partial charge in [0.05, 0.1) is 85.5 Å². The van der Waals surface area contributed by atoms with Crippen molar-refractivity contribution in [3.8, 4) is 103 Å². The Bertz CT molecular complexity index is 4820. The summed E-state index contributed by atoms with van der Waals surface area (Å²) in [5.74, 6) is 0.996. The van der Waals surface area contributed by atoms with Crippen LogP contribution in [0.4, 0.5) is 13.2 Å². The van der Waals surface area contributed by atoms with Crippen LogP contribution in [0.15, 0.2) is 218 Å². The molecule has 80 heavy (non-hydrogen) atoms. The first-order valence-corrected chi connectivity index (χ1v) is 25.3. The van der Waals surface area contributed by atoms with E-state index in [1.54, 1.807) is 48.5 Å². The summed E-state index contributed by atoms with van der Waals surface area (Å²) >= 11 is 0. The summed E-state index contributed by atoms with van der Waals surface area (Å²) in [5.41, 5.74) is 8.40. The van der Waals surface area contributed by atoms with Gasteiger partial charge in [-0.1, -0.05) is 127 Å². The van der Waals surface area contributed by atoms with Crippen molar-refractivity contribution in [3.63, 3.8) is 0 Å². The first-order valence-electron chi connectivity index (χ1n) is 25.3. The molecule has 9 nitrogen and oxygen atoms in total. The Balaban J connectivity index is 1.12. The van der Waals surface area contributed by atoms with E-state index in [1.807, 2.05) is 167 Å². The van der Waals surface area contributed by atoms with Crippen LogP contribution in [-0.2, 0) is 6.18 Å². The monoisotopic (exact) mass is 1040 g/mol. The SMILES string of the molecule is N#Cc1ccc(-c2ccc3c(c2)c2ccccc2n3-c2ccc(-c3nc(-c4ccccc4)nc(-c4ccccc4)n3)cc2-c2c(-n3c4ccccc4c4cc(-c5ccc(C#N)cc5C#N)ccc43)cccc2C(F)(F)F)c(C#N)c1. The topological polar surface area (TPSA) is 144 Å². The fourth-order valence-corrected chi connectivity index (χ4v) is 11.0. The van der Waals surface area contributed by atoms with Crippen molar-refractivity contribution >= 4 is 43.6 Å². The number of rotatable bonds is 8. The molecule has 0 spiro atoms. The summed E-state index contributed by atoms with van der Waals surface area (Å²) in [5, 5.41) is 42.8. The van der Waals surface area contributed by atoms with Crippen LogP contribution in [0.1, 0.15) is 27.8 Å². The number of nitrogens with zero attached hydrogens (tertiary/aromatic N) is 9. The Morgan fingerprint density at radius 3 is 1.27 bits per heavy atom. The molecule has 3 heterocycles. The summed E-state index contributed by atoms with van der Waals surface area (Å²) in [6.07, 6.45) is -4.88. The molecule has 0 unspecified atom stereocenters. The maximum atomic E-state index is 16.4. The molecular weight excluding hydrogens is 1000 g/mol. The fraction of sp³-hybridized carbons (Fsp3) is 0.0147. The molecular formula is C68H36F3N9. The van der Waals surface area contributed by atoms with E-state index in [-0.39, 0.29) is 22.6 Å². The highest BCUT2D eigenvalue weighted by Gasteiger charge is 2.37. The Labute approximate surface area is 455 Å². The second kappa shape index (κ2) is 19.3. The van der Waals surface area contributed by atoms with E-state index in [4.69, 9.17) is 15.0 Å². The van der Waals surface area contributed by atoms with E-state index in [0.29, 0.717) is 83.9 Å². The van der Waals surface area contributed by atoms with Gasteiger partial charge < -0.3 is 9.13 Å². The maximum absolute atomic E-state index is 16.4. The second-order valence-corrected chi connectivity index (χ2v) is 19.1. The third kappa shape index (κ3) is 8.13. The van der Waals surface area contributed by atoms with Crippen LogP contribution in [0.5, 0.6) is 0 Å². The molecule has 0 fully saturated rings. The van der Waals surface area contributed by atoms with E-state index in [2.05, 4.69) is 24.3 Å². The lowest BCUT2D eigenvalue weighted by atomic mass is 9.93. The maximum Gasteiger partial charge on any atom is 0.417 e. The van der Waals surface area contributed by atoms with Crippen molar-refractivity contribution in [2.75, 3.05) is 0 Å². The van der Waals surface area contributed by atoms with E-state index in [1.165, 1.54) is 6.07 Å². The first-order chi connectivity index (χ1) is 39.1. The highest BCUT2D eigenvalue weighted by atomic mass is 19.4. The zero-order valence-corrected chi connectivity index (χ0v) is 41.9. The van der Waals surface area contributed by atoms with Gasteiger partial charge in [0.2, 0.25) is 0 Å². The van der Waals surface area contributed by atoms with E-state index in [9.17, 15) is 21.0 Å². The van der Waals surface area contributed by atoms with Crippen molar-refractivity contribution in [2.24, 2.45) is 0 Å². The lowest BCUT2D eigenvalue weighted by molar-refractivity contribution is -0.137. The quantitative estimate of drug-likeness (QED) is 0.147.